The molecule has 1 aliphatic heterocycles. The van der Waals surface area contributed by atoms with Crippen LogP contribution in [-0.2, 0) is 0 Å². The van der Waals surface area contributed by atoms with E-state index in [1.807, 2.05) is 6.26 Å². The number of aromatic nitrogens is 2. The first kappa shape index (κ1) is 11.2. The molecule has 1 fully saturated rings. The van der Waals surface area contributed by atoms with Gasteiger partial charge in [0.2, 0.25) is 0 Å². The molecule has 0 saturated carbocycles. The Bertz CT molecular complexity index is 405. The van der Waals surface area contributed by atoms with Gasteiger partial charge in [0, 0.05) is 19.2 Å². The van der Waals surface area contributed by atoms with Crippen molar-refractivity contribution in [2.75, 3.05) is 24.2 Å². The van der Waals surface area contributed by atoms with Crippen molar-refractivity contribution in [1.29, 1.82) is 0 Å². The highest BCUT2D eigenvalue weighted by molar-refractivity contribution is 7.98. The average molecular weight is 239 g/mol. The minimum atomic E-state index is -1.00. The number of carbonyl (C=O) groups is 1. The molecule has 0 atom stereocenters. The zero-order chi connectivity index (χ0) is 11.5. The standard InChI is InChI=1S/C10H13N3O2S/c1-16-10-11-7(9(14)15)6-8(12-10)13-4-2-3-5-13/h6H,2-5H2,1H3,(H,14,15). The number of hydrogen-bond donors (Lipinski definition) is 1. The first-order valence-electron chi connectivity index (χ1n) is 5.12. The van der Waals surface area contributed by atoms with Crippen LogP contribution in [0.25, 0.3) is 0 Å². The zero-order valence-electron chi connectivity index (χ0n) is 9.01. The molecule has 1 saturated heterocycles. The minimum absolute atomic E-state index is 0.0706. The van der Waals surface area contributed by atoms with Crippen molar-refractivity contribution in [3.05, 3.63) is 11.8 Å². The Labute approximate surface area is 97.9 Å². The predicted molar refractivity (Wildman–Crippen MR) is 62.2 cm³/mol. The third kappa shape index (κ3) is 2.27. The Morgan fingerprint density at radius 3 is 2.69 bits per heavy atom. The molecule has 16 heavy (non-hydrogen) atoms. The smallest absolute Gasteiger partial charge is 0.354 e. The number of rotatable bonds is 3. The van der Waals surface area contributed by atoms with Gasteiger partial charge in [-0.15, -0.1) is 0 Å². The first-order chi connectivity index (χ1) is 7.70. The monoisotopic (exact) mass is 239 g/mol. The molecule has 1 aromatic heterocycles. The van der Waals surface area contributed by atoms with Crippen molar-refractivity contribution in [1.82, 2.24) is 9.97 Å². The van der Waals surface area contributed by atoms with E-state index in [0.29, 0.717) is 5.16 Å². The molecule has 0 amide bonds. The highest BCUT2D eigenvalue weighted by Crippen LogP contribution is 2.21. The molecule has 6 heteroatoms. The van der Waals surface area contributed by atoms with Gasteiger partial charge >= 0.3 is 5.97 Å². The van der Waals surface area contributed by atoms with Crippen LogP contribution >= 0.6 is 11.8 Å². The molecular weight excluding hydrogens is 226 g/mol. The Morgan fingerprint density at radius 1 is 1.44 bits per heavy atom. The molecule has 0 bridgehead atoms. The summed E-state index contributed by atoms with van der Waals surface area (Å²) in [6.07, 6.45) is 4.12. The summed E-state index contributed by atoms with van der Waals surface area (Å²) in [5, 5.41) is 9.47. The van der Waals surface area contributed by atoms with Crippen LogP contribution in [0.15, 0.2) is 11.2 Å². The maximum atomic E-state index is 10.9. The minimum Gasteiger partial charge on any atom is -0.477 e. The number of hydrogen-bond acceptors (Lipinski definition) is 5. The lowest BCUT2D eigenvalue weighted by Crippen LogP contribution is -2.20. The van der Waals surface area contributed by atoms with E-state index in [-0.39, 0.29) is 5.69 Å². The van der Waals surface area contributed by atoms with E-state index in [2.05, 4.69) is 14.9 Å². The fourth-order valence-electron chi connectivity index (χ4n) is 1.72. The summed E-state index contributed by atoms with van der Waals surface area (Å²) in [4.78, 5) is 21.3. The molecule has 1 aliphatic rings. The Balaban J connectivity index is 2.35. The van der Waals surface area contributed by atoms with Gasteiger partial charge in [0.25, 0.3) is 0 Å². The summed E-state index contributed by atoms with van der Waals surface area (Å²) in [6, 6.07) is 1.55. The van der Waals surface area contributed by atoms with Crippen molar-refractivity contribution in [2.24, 2.45) is 0 Å². The Hall–Kier alpha value is -1.30. The van der Waals surface area contributed by atoms with Crippen molar-refractivity contribution < 1.29 is 9.90 Å². The normalized spacial score (nSPS) is 15.4. The van der Waals surface area contributed by atoms with Crippen molar-refractivity contribution >= 4 is 23.5 Å². The topological polar surface area (TPSA) is 66.3 Å². The van der Waals surface area contributed by atoms with E-state index in [4.69, 9.17) is 5.11 Å². The molecule has 1 N–H and O–H groups in total. The molecule has 86 valence electrons. The third-order valence-corrected chi connectivity index (χ3v) is 3.07. The third-order valence-electron chi connectivity index (χ3n) is 2.52. The molecular formula is C10H13N3O2S. The van der Waals surface area contributed by atoms with E-state index in [1.54, 1.807) is 6.07 Å². The maximum absolute atomic E-state index is 10.9. The molecule has 0 aromatic carbocycles. The SMILES string of the molecule is CSc1nc(C(=O)O)cc(N2CCCC2)n1. The van der Waals surface area contributed by atoms with Gasteiger partial charge in [-0.3, -0.25) is 0 Å². The lowest BCUT2D eigenvalue weighted by atomic mass is 10.4. The van der Waals surface area contributed by atoms with Crippen molar-refractivity contribution in [3.63, 3.8) is 0 Å². The van der Waals surface area contributed by atoms with Gasteiger partial charge < -0.3 is 10.0 Å². The van der Waals surface area contributed by atoms with Gasteiger partial charge in [0.05, 0.1) is 0 Å². The van der Waals surface area contributed by atoms with Crippen LogP contribution in [0.5, 0.6) is 0 Å². The van der Waals surface area contributed by atoms with Crippen LogP contribution in [0.1, 0.15) is 23.3 Å². The van der Waals surface area contributed by atoms with Crippen LogP contribution in [-0.4, -0.2) is 40.4 Å². The molecule has 0 aliphatic carbocycles. The van der Waals surface area contributed by atoms with Crippen LogP contribution < -0.4 is 4.90 Å². The van der Waals surface area contributed by atoms with Crippen LogP contribution in [0.4, 0.5) is 5.82 Å². The zero-order valence-corrected chi connectivity index (χ0v) is 9.83. The Kier molecular flexibility index (Phi) is 3.28. The summed E-state index contributed by atoms with van der Waals surface area (Å²) in [6.45, 7) is 1.90. The van der Waals surface area contributed by atoms with Gasteiger partial charge in [-0.25, -0.2) is 14.8 Å². The summed E-state index contributed by atoms with van der Waals surface area (Å²) < 4.78 is 0. The highest BCUT2D eigenvalue weighted by atomic mass is 32.2. The summed E-state index contributed by atoms with van der Waals surface area (Å²) >= 11 is 1.36. The van der Waals surface area contributed by atoms with Gasteiger partial charge in [-0.05, 0) is 19.1 Å². The van der Waals surface area contributed by atoms with Gasteiger partial charge in [-0.2, -0.15) is 0 Å². The van der Waals surface area contributed by atoms with Crippen LogP contribution in [0.3, 0.4) is 0 Å². The second kappa shape index (κ2) is 4.69. The number of carboxylic acid groups (broad SMARTS) is 1. The largest absolute Gasteiger partial charge is 0.477 e. The van der Waals surface area contributed by atoms with Gasteiger partial charge in [0.1, 0.15) is 5.82 Å². The van der Waals surface area contributed by atoms with E-state index < -0.39 is 5.97 Å². The average Bonchev–Trinajstić information content (AvgIpc) is 2.81. The lowest BCUT2D eigenvalue weighted by Gasteiger charge is -2.16. The summed E-state index contributed by atoms with van der Waals surface area (Å²) in [5.41, 5.74) is 0.0706. The fourth-order valence-corrected chi connectivity index (χ4v) is 2.10. The van der Waals surface area contributed by atoms with E-state index in [9.17, 15) is 4.79 Å². The van der Waals surface area contributed by atoms with Crippen LogP contribution in [0.2, 0.25) is 0 Å². The first-order valence-corrected chi connectivity index (χ1v) is 6.34. The second-order valence-corrected chi connectivity index (χ2v) is 4.37. The molecule has 2 rings (SSSR count). The molecule has 0 radical (unpaired) electrons. The van der Waals surface area contributed by atoms with Crippen LogP contribution in [0, 0.1) is 0 Å². The van der Waals surface area contributed by atoms with E-state index >= 15 is 0 Å². The number of aromatic carboxylic acids is 1. The van der Waals surface area contributed by atoms with E-state index in [1.165, 1.54) is 11.8 Å². The maximum Gasteiger partial charge on any atom is 0.354 e. The fraction of sp³-hybridized carbons (Fsp3) is 0.500. The molecule has 0 unspecified atom stereocenters. The second-order valence-electron chi connectivity index (χ2n) is 3.60. The number of carboxylic acids is 1. The number of nitrogens with zero attached hydrogens (tertiary/aromatic N) is 3. The molecule has 5 nitrogen and oxygen atoms in total. The number of thioether (sulfide) groups is 1. The van der Waals surface area contributed by atoms with Crippen molar-refractivity contribution in [2.45, 2.75) is 18.0 Å². The predicted octanol–water partition coefficient (Wildman–Crippen LogP) is 1.50. The summed E-state index contributed by atoms with van der Waals surface area (Å²) in [7, 11) is 0. The quantitative estimate of drug-likeness (QED) is 0.637. The Morgan fingerprint density at radius 2 is 2.12 bits per heavy atom. The summed E-state index contributed by atoms with van der Waals surface area (Å²) in [5.74, 6) is -0.271. The molecule has 2 heterocycles. The lowest BCUT2D eigenvalue weighted by molar-refractivity contribution is 0.0689. The highest BCUT2D eigenvalue weighted by Gasteiger charge is 2.17. The van der Waals surface area contributed by atoms with Crippen molar-refractivity contribution in [3.8, 4) is 0 Å². The van der Waals surface area contributed by atoms with Gasteiger partial charge in [-0.1, -0.05) is 11.8 Å². The number of anilines is 1. The van der Waals surface area contributed by atoms with Gasteiger partial charge in [0.15, 0.2) is 10.9 Å². The molecule has 0 spiro atoms. The molecule has 1 aromatic rings. The van der Waals surface area contributed by atoms with E-state index in [0.717, 1.165) is 31.7 Å².